The van der Waals surface area contributed by atoms with E-state index in [0.29, 0.717) is 0 Å². The van der Waals surface area contributed by atoms with Gasteiger partial charge in [-0.1, -0.05) is 51.0 Å². The second kappa shape index (κ2) is 9.78. The van der Waals surface area contributed by atoms with Gasteiger partial charge in [0.15, 0.2) is 0 Å². The second-order valence-electron chi connectivity index (χ2n) is 9.16. The Morgan fingerprint density at radius 3 is 2.80 bits per heavy atom. The van der Waals surface area contributed by atoms with E-state index in [1.165, 1.54) is 46.2 Å². The topological polar surface area (TPSA) is 29.1 Å². The molecular formula is C27H35NOS. The molecule has 1 N–H and O–H groups in total. The van der Waals surface area contributed by atoms with E-state index in [4.69, 9.17) is 0 Å². The summed E-state index contributed by atoms with van der Waals surface area (Å²) < 4.78 is 1.16. The fraction of sp³-hybridized carbons (Fsp3) is 0.444. The first-order valence-corrected chi connectivity index (χ1v) is 12.0. The average molecular weight is 422 g/mol. The number of benzene rings is 1. The SMILES string of the molecule is CCCCNC(=O)c1ccc2cc(/C=C(C)/C=C/C3=C(C)CCCC3(C)C)sc2c1. The Labute approximate surface area is 185 Å². The minimum Gasteiger partial charge on any atom is -0.352 e. The molecule has 1 aromatic heterocycles. The maximum atomic E-state index is 12.3. The molecule has 1 heterocycles. The van der Waals surface area contributed by atoms with E-state index in [1.54, 1.807) is 11.3 Å². The Morgan fingerprint density at radius 2 is 2.07 bits per heavy atom. The summed E-state index contributed by atoms with van der Waals surface area (Å²) in [6.45, 7) is 12.0. The lowest BCUT2D eigenvalue weighted by molar-refractivity contribution is 0.0953. The zero-order valence-corrected chi connectivity index (χ0v) is 19.9. The molecular weight excluding hydrogens is 386 g/mol. The Balaban J connectivity index is 1.76. The molecule has 0 bridgehead atoms. The summed E-state index contributed by atoms with van der Waals surface area (Å²) in [4.78, 5) is 13.6. The molecule has 1 amide bonds. The highest BCUT2D eigenvalue weighted by atomic mass is 32.1. The minimum atomic E-state index is 0.0219. The first kappa shape index (κ1) is 22.6. The number of unbranched alkanes of at least 4 members (excludes halogenated alkanes) is 1. The zero-order chi connectivity index (χ0) is 21.7. The van der Waals surface area contributed by atoms with Crippen molar-refractivity contribution in [1.82, 2.24) is 5.32 Å². The van der Waals surface area contributed by atoms with Gasteiger partial charge in [-0.3, -0.25) is 4.79 Å². The molecule has 2 aromatic rings. The van der Waals surface area contributed by atoms with Crippen molar-refractivity contribution in [2.45, 2.75) is 66.7 Å². The third kappa shape index (κ3) is 5.51. The summed E-state index contributed by atoms with van der Waals surface area (Å²) in [6, 6.07) is 8.21. The Hall–Kier alpha value is -2.13. The van der Waals surface area contributed by atoms with Gasteiger partial charge < -0.3 is 5.32 Å². The molecule has 0 atom stereocenters. The number of carbonyl (C=O) groups excluding carboxylic acids is 1. The predicted octanol–water partition coefficient (Wildman–Crippen LogP) is 7.92. The van der Waals surface area contributed by atoms with E-state index < -0.39 is 0 Å². The minimum absolute atomic E-state index is 0.0219. The highest BCUT2D eigenvalue weighted by Crippen LogP contribution is 2.40. The third-order valence-corrected chi connectivity index (χ3v) is 7.09. The fourth-order valence-corrected chi connectivity index (χ4v) is 5.36. The van der Waals surface area contributed by atoms with Crippen molar-refractivity contribution in [3.63, 3.8) is 0 Å². The third-order valence-electron chi connectivity index (χ3n) is 6.04. The van der Waals surface area contributed by atoms with E-state index >= 15 is 0 Å². The largest absolute Gasteiger partial charge is 0.352 e. The zero-order valence-electron chi connectivity index (χ0n) is 19.1. The van der Waals surface area contributed by atoms with E-state index in [9.17, 15) is 4.79 Å². The summed E-state index contributed by atoms with van der Waals surface area (Å²) in [5.74, 6) is 0.0219. The second-order valence-corrected chi connectivity index (χ2v) is 10.3. The van der Waals surface area contributed by atoms with Gasteiger partial charge in [0.2, 0.25) is 0 Å². The molecule has 0 spiro atoms. The van der Waals surface area contributed by atoms with Crippen molar-refractivity contribution >= 4 is 33.4 Å². The molecule has 30 heavy (non-hydrogen) atoms. The van der Waals surface area contributed by atoms with Gasteiger partial charge in [-0.15, -0.1) is 11.3 Å². The van der Waals surface area contributed by atoms with E-state index in [2.05, 4.69) is 70.3 Å². The molecule has 0 unspecified atom stereocenters. The van der Waals surface area contributed by atoms with Gasteiger partial charge in [0, 0.05) is 21.7 Å². The van der Waals surface area contributed by atoms with E-state index in [1.807, 2.05) is 12.1 Å². The van der Waals surface area contributed by atoms with E-state index in [0.717, 1.165) is 29.6 Å². The lowest BCUT2D eigenvalue weighted by Gasteiger charge is -2.32. The number of hydrogen-bond donors (Lipinski definition) is 1. The van der Waals surface area contributed by atoms with Crippen LogP contribution in [0, 0.1) is 5.41 Å². The number of allylic oxidation sites excluding steroid dienone is 5. The number of rotatable bonds is 7. The maximum Gasteiger partial charge on any atom is 0.251 e. The summed E-state index contributed by atoms with van der Waals surface area (Å²) in [5, 5.41) is 4.20. The van der Waals surface area contributed by atoms with Gasteiger partial charge in [-0.05, 0) is 85.8 Å². The molecule has 0 aliphatic heterocycles. The number of hydrogen-bond acceptors (Lipinski definition) is 2. The number of carbonyl (C=O) groups is 1. The summed E-state index contributed by atoms with van der Waals surface area (Å²) in [7, 11) is 0. The molecule has 3 heteroatoms. The molecule has 160 valence electrons. The Kier molecular flexibility index (Phi) is 7.36. The molecule has 3 rings (SSSR count). The lowest BCUT2D eigenvalue weighted by Crippen LogP contribution is -2.24. The van der Waals surface area contributed by atoms with Crippen LogP contribution in [0.4, 0.5) is 0 Å². The fourth-order valence-electron chi connectivity index (χ4n) is 4.24. The highest BCUT2D eigenvalue weighted by Gasteiger charge is 2.26. The molecule has 0 radical (unpaired) electrons. The molecule has 0 fully saturated rings. The van der Waals surface area contributed by atoms with Gasteiger partial charge in [-0.2, -0.15) is 0 Å². The number of fused-ring (bicyclic) bond motifs is 1. The number of nitrogens with one attached hydrogen (secondary N) is 1. The van der Waals surface area contributed by atoms with Gasteiger partial charge in [-0.25, -0.2) is 0 Å². The molecule has 0 saturated carbocycles. The van der Waals surface area contributed by atoms with Gasteiger partial charge in [0.1, 0.15) is 0 Å². The van der Waals surface area contributed by atoms with Crippen LogP contribution in [0.2, 0.25) is 0 Å². The van der Waals surface area contributed by atoms with Gasteiger partial charge in [0.05, 0.1) is 0 Å². The van der Waals surface area contributed by atoms with Crippen molar-refractivity contribution in [1.29, 1.82) is 0 Å². The van der Waals surface area contributed by atoms with Crippen LogP contribution in [0.1, 0.15) is 82.0 Å². The van der Waals surface area contributed by atoms with Crippen molar-refractivity contribution < 1.29 is 4.79 Å². The Bertz CT molecular complexity index is 1000. The van der Waals surface area contributed by atoms with E-state index in [-0.39, 0.29) is 11.3 Å². The normalized spacial score (nSPS) is 17.2. The van der Waals surface area contributed by atoms with Gasteiger partial charge >= 0.3 is 0 Å². The van der Waals surface area contributed by atoms with Crippen molar-refractivity contribution in [3.8, 4) is 0 Å². The molecule has 1 aliphatic rings. The van der Waals surface area contributed by atoms with Crippen LogP contribution in [0.25, 0.3) is 16.2 Å². The van der Waals surface area contributed by atoms with Crippen LogP contribution < -0.4 is 5.32 Å². The lowest BCUT2D eigenvalue weighted by atomic mass is 9.72. The van der Waals surface area contributed by atoms with Crippen molar-refractivity contribution in [3.05, 3.63) is 63.6 Å². The van der Waals surface area contributed by atoms with Crippen LogP contribution in [0.3, 0.4) is 0 Å². The standard InChI is InChI=1S/C27H35NOS/c1-6-7-15-28-26(29)22-12-11-21-17-23(30-25(21)18-22)16-19(2)10-13-24-20(3)9-8-14-27(24,4)5/h10-13,16-18H,6-9,14-15H2,1-5H3,(H,28,29)/b13-10+,19-16+. The molecule has 2 nitrogen and oxygen atoms in total. The van der Waals surface area contributed by atoms with Crippen LogP contribution in [0.5, 0.6) is 0 Å². The summed E-state index contributed by atoms with van der Waals surface area (Å²) in [5.41, 5.74) is 5.29. The molecule has 1 aromatic carbocycles. The summed E-state index contributed by atoms with van der Waals surface area (Å²) in [6.07, 6.45) is 12.7. The Morgan fingerprint density at radius 1 is 1.27 bits per heavy atom. The summed E-state index contributed by atoms with van der Waals surface area (Å²) >= 11 is 1.75. The van der Waals surface area contributed by atoms with Crippen LogP contribution in [-0.4, -0.2) is 12.5 Å². The van der Waals surface area contributed by atoms with Crippen LogP contribution in [0.15, 0.2) is 53.1 Å². The maximum absolute atomic E-state index is 12.3. The number of amides is 1. The van der Waals surface area contributed by atoms with Crippen molar-refractivity contribution in [2.75, 3.05) is 6.54 Å². The van der Waals surface area contributed by atoms with Gasteiger partial charge in [0.25, 0.3) is 5.91 Å². The van der Waals surface area contributed by atoms with Crippen LogP contribution >= 0.6 is 11.3 Å². The first-order valence-electron chi connectivity index (χ1n) is 11.2. The smallest absolute Gasteiger partial charge is 0.251 e. The number of thiophene rings is 1. The van der Waals surface area contributed by atoms with Crippen LogP contribution in [-0.2, 0) is 0 Å². The quantitative estimate of drug-likeness (QED) is 0.357. The predicted molar refractivity (Wildman–Crippen MR) is 132 cm³/mol. The average Bonchev–Trinajstić information content (AvgIpc) is 3.08. The molecule has 1 aliphatic carbocycles. The first-order chi connectivity index (χ1) is 14.3. The molecule has 0 saturated heterocycles. The monoisotopic (exact) mass is 421 g/mol. The highest BCUT2D eigenvalue weighted by molar-refractivity contribution is 7.19. The van der Waals surface area contributed by atoms with Crippen molar-refractivity contribution in [2.24, 2.45) is 5.41 Å².